The zero-order valence-corrected chi connectivity index (χ0v) is 14.5. The first kappa shape index (κ1) is 18.3. The van der Waals surface area contributed by atoms with Gasteiger partial charge in [-0.1, -0.05) is 12.1 Å². The molecule has 2 aliphatic heterocycles. The summed E-state index contributed by atoms with van der Waals surface area (Å²) in [4.78, 5) is 16.6. The van der Waals surface area contributed by atoms with E-state index in [-0.39, 0.29) is 36.5 Å². The SMILES string of the molecule is O=C(c1ccccc1F)N1C[C@@H](CO)[C@@H](CN2CCC(CO)CC2)C1. The quantitative estimate of drug-likeness (QED) is 0.838. The maximum absolute atomic E-state index is 13.9. The molecule has 3 rings (SSSR count). The van der Waals surface area contributed by atoms with Gasteiger partial charge in [0.1, 0.15) is 5.82 Å². The van der Waals surface area contributed by atoms with Gasteiger partial charge in [-0.05, 0) is 49.9 Å². The number of carbonyl (C=O) groups excluding carboxylic acids is 1. The van der Waals surface area contributed by atoms with E-state index < -0.39 is 5.82 Å². The van der Waals surface area contributed by atoms with Crippen LogP contribution in [-0.2, 0) is 0 Å². The Morgan fingerprint density at radius 3 is 2.40 bits per heavy atom. The molecular weight excluding hydrogens is 323 g/mol. The fourth-order valence-electron chi connectivity index (χ4n) is 4.01. The number of piperidine rings is 1. The fraction of sp³-hybridized carbons (Fsp3) is 0.632. The van der Waals surface area contributed by atoms with E-state index in [1.807, 2.05) is 0 Å². The molecule has 0 radical (unpaired) electrons. The summed E-state index contributed by atoms with van der Waals surface area (Å²) in [5.74, 6) is -0.161. The van der Waals surface area contributed by atoms with Crippen LogP contribution in [0.5, 0.6) is 0 Å². The van der Waals surface area contributed by atoms with Crippen molar-refractivity contribution in [2.75, 3.05) is 45.9 Å². The molecule has 0 bridgehead atoms. The highest BCUT2D eigenvalue weighted by molar-refractivity contribution is 5.94. The lowest BCUT2D eigenvalue weighted by Crippen LogP contribution is -2.40. The average molecular weight is 350 g/mol. The van der Waals surface area contributed by atoms with Gasteiger partial charge in [-0.15, -0.1) is 0 Å². The van der Waals surface area contributed by atoms with E-state index in [1.54, 1.807) is 17.0 Å². The predicted octanol–water partition coefficient (Wildman–Crippen LogP) is 1.21. The molecule has 2 N–H and O–H groups in total. The normalized spacial score (nSPS) is 25.5. The largest absolute Gasteiger partial charge is 0.396 e. The molecule has 1 amide bonds. The Morgan fingerprint density at radius 2 is 1.76 bits per heavy atom. The van der Waals surface area contributed by atoms with Gasteiger partial charge in [0, 0.05) is 38.8 Å². The Morgan fingerprint density at radius 1 is 1.08 bits per heavy atom. The highest BCUT2D eigenvalue weighted by Gasteiger charge is 2.37. The smallest absolute Gasteiger partial charge is 0.256 e. The highest BCUT2D eigenvalue weighted by atomic mass is 19.1. The lowest BCUT2D eigenvalue weighted by molar-refractivity contribution is 0.0771. The molecule has 1 aromatic rings. The van der Waals surface area contributed by atoms with E-state index in [2.05, 4.69) is 4.90 Å². The molecule has 138 valence electrons. The summed E-state index contributed by atoms with van der Waals surface area (Å²) in [6, 6.07) is 6.05. The lowest BCUT2D eigenvalue weighted by Gasteiger charge is -2.33. The molecule has 1 aromatic carbocycles. The third kappa shape index (κ3) is 4.19. The van der Waals surface area contributed by atoms with Crippen LogP contribution in [-0.4, -0.2) is 71.9 Å². The molecule has 2 aliphatic rings. The Balaban J connectivity index is 1.61. The number of halogens is 1. The van der Waals surface area contributed by atoms with Crippen molar-refractivity contribution >= 4 is 5.91 Å². The Bertz CT molecular complexity index is 590. The van der Waals surface area contributed by atoms with E-state index in [9.17, 15) is 19.4 Å². The minimum absolute atomic E-state index is 0.0336. The topological polar surface area (TPSA) is 64.0 Å². The van der Waals surface area contributed by atoms with Crippen LogP contribution in [0.15, 0.2) is 24.3 Å². The third-order valence-corrected chi connectivity index (χ3v) is 5.66. The van der Waals surface area contributed by atoms with E-state index >= 15 is 0 Å². The van der Waals surface area contributed by atoms with E-state index in [4.69, 9.17) is 0 Å². The number of likely N-dealkylation sites (tertiary alicyclic amines) is 2. The van der Waals surface area contributed by atoms with Crippen molar-refractivity contribution in [1.29, 1.82) is 0 Å². The summed E-state index contributed by atoms with van der Waals surface area (Å²) < 4.78 is 13.9. The lowest BCUT2D eigenvalue weighted by atomic mass is 9.93. The molecule has 2 atom stereocenters. The van der Waals surface area contributed by atoms with Crippen molar-refractivity contribution in [3.63, 3.8) is 0 Å². The second-order valence-corrected chi connectivity index (χ2v) is 7.32. The predicted molar refractivity (Wildman–Crippen MR) is 92.6 cm³/mol. The van der Waals surface area contributed by atoms with Crippen molar-refractivity contribution in [3.05, 3.63) is 35.6 Å². The number of carbonyl (C=O) groups is 1. The fourth-order valence-corrected chi connectivity index (χ4v) is 4.01. The molecule has 2 saturated heterocycles. The van der Waals surface area contributed by atoms with Crippen LogP contribution in [0.4, 0.5) is 4.39 Å². The summed E-state index contributed by atoms with van der Waals surface area (Å²) in [6.07, 6.45) is 1.98. The second-order valence-electron chi connectivity index (χ2n) is 7.32. The average Bonchev–Trinajstić information content (AvgIpc) is 3.05. The third-order valence-electron chi connectivity index (χ3n) is 5.66. The highest BCUT2D eigenvalue weighted by Crippen LogP contribution is 2.27. The monoisotopic (exact) mass is 350 g/mol. The number of nitrogens with zero attached hydrogens (tertiary/aromatic N) is 2. The number of benzene rings is 1. The van der Waals surface area contributed by atoms with Gasteiger partial charge in [-0.3, -0.25) is 4.79 Å². The molecule has 0 saturated carbocycles. The van der Waals surface area contributed by atoms with Crippen LogP contribution in [0.2, 0.25) is 0 Å². The van der Waals surface area contributed by atoms with Gasteiger partial charge >= 0.3 is 0 Å². The molecule has 2 fully saturated rings. The molecule has 6 heteroatoms. The number of aliphatic hydroxyl groups excluding tert-OH is 2. The van der Waals surface area contributed by atoms with E-state index in [0.717, 1.165) is 32.5 Å². The molecule has 5 nitrogen and oxygen atoms in total. The molecule has 2 heterocycles. The summed E-state index contributed by atoms with van der Waals surface area (Å²) in [7, 11) is 0. The minimum atomic E-state index is -0.498. The van der Waals surface area contributed by atoms with Crippen LogP contribution in [0, 0.1) is 23.6 Å². The molecule has 0 aromatic heterocycles. The molecular formula is C19H27FN2O3. The first-order valence-electron chi connectivity index (χ1n) is 9.10. The van der Waals surface area contributed by atoms with Crippen molar-refractivity contribution in [1.82, 2.24) is 9.80 Å². The molecule has 25 heavy (non-hydrogen) atoms. The Labute approximate surface area is 148 Å². The van der Waals surface area contributed by atoms with E-state index in [1.165, 1.54) is 12.1 Å². The maximum Gasteiger partial charge on any atom is 0.256 e. The van der Waals surface area contributed by atoms with Crippen molar-refractivity contribution in [3.8, 4) is 0 Å². The molecule has 0 spiro atoms. The van der Waals surface area contributed by atoms with Crippen LogP contribution in [0.25, 0.3) is 0 Å². The first-order chi connectivity index (χ1) is 12.1. The zero-order chi connectivity index (χ0) is 17.8. The molecule has 0 aliphatic carbocycles. The first-order valence-corrected chi connectivity index (χ1v) is 9.10. The van der Waals surface area contributed by atoms with Gasteiger partial charge in [-0.25, -0.2) is 4.39 Å². The van der Waals surface area contributed by atoms with Crippen molar-refractivity contribution in [2.24, 2.45) is 17.8 Å². The van der Waals surface area contributed by atoms with Gasteiger partial charge < -0.3 is 20.0 Å². The number of hydrogen-bond acceptors (Lipinski definition) is 4. The van der Waals surface area contributed by atoms with Gasteiger partial charge in [0.25, 0.3) is 5.91 Å². The number of rotatable bonds is 5. The number of amides is 1. The standard InChI is InChI=1S/C19H27FN2O3/c20-18-4-2-1-3-17(18)19(25)22-10-15(16(11-22)13-24)9-21-7-5-14(12-23)6-8-21/h1-4,14-16,23-24H,5-13H2/t15-,16-/m0/s1. The summed E-state index contributed by atoms with van der Waals surface area (Å²) in [5.41, 5.74) is 0.101. The minimum Gasteiger partial charge on any atom is -0.396 e. The van der Waals surface area contributed by atoms with Crippen LogP contribution in [0.3, 0.4) is 0 Å². The summed E-state index contributed by atoms with van der Waals surface area (Å²) >= 11 is 0. The number of hydrogen-bond donors (Lipinski definition) is 2. The summed E-state index contributed by atoms with van der Waals surface area (Å²) in [6.45, 7) is 4.05. The van der Waals surface area contributed by atoms with Crippen molar-refractivity contribution < 1.29 is 19.4 Å². The number of aliphatic hydroxyl groups is 2. The van der Waals surface area contributed by atoms with Gasteiger partial charge in [0.15, 0.2) is 0 Å². The van der Waals surface area contributed by atoms with Crippen LogP contribution < -0.4 is 0 Å². The van der Waals surface area contributed by atoms with Gasteiger partial charge in [0.2, 0.25) is 0 Å². The second kappa shape index (κ2) is 8.25. The van der Waals surface area contributed by atoms with Crippen LogP contribution in [0.1, 0.15) is 23.2 Å². The zero-order valence-electron chi connectivity index (χ0n) is 14.5. The Kier molecular flexibility index (Phi) is 6.04. The Hall–Kier alpha value is -1.50. The van der Waals surface area contributed by atoms with Crippen molar-refractivity contribution in [2.45, 2.75) is 12.8 Å². The van der Waals surface area contributed by atoms with E-state index in [0.29, 0.717) is 19.0 Å². The van der Waals surface area contributed by atoms with Gasteiger partial charge in [-0.2, -0.15) is 0 Å². The van der Waals surface area contributed by atoms with Crippen LogP contribution >= 0.6 is 0 Å². The summed E-state index contributed by atoms with van der Waals surface area (Å²) in [5, 5.41) is 18.9. The maximum atomic E-state index is 13.9. The van der Waals surface area contributed by atoms with Gasteiger partial charge in [0.05, 0.1) is 5.56 Å². The molecule has 0 unspecified atom stereocenters.